The predicted octanol–water partition coefficient (Wildman–Crippen LogP) is 3.90. The molecule has 2 rings (SSSR count). The average Bonchev–Trinajstić information content (AvgIpc) is 2.44. The lowest BCUT2D eigenvalue weighted by atomic mass is 9.91. The van der Waals surface area contributed by atoms with Crippen LogP contribution in [-0.2, 0) is 5.41 Å². The molecule has 0 saturated heterocycles. The van der Waals surface area contributed by atoms with Crippen LogP contribution in [0.2, 0.25) is 0 Å². The van der Waals surface area contributed by atoms with Crippen LogP contribution in [0.5, 0.6) is 0 Å². The summed E-state index contributed by atoms with van der Waals surface area (Å²) in [5.41, 5.74) is 1.66. The topological polar surface area (TPSA) is 12.9 Å². The van der Waals surface area contributed by atoms with E-state index in [1.807, 2.05) is 23.7 Å². The highest BCUT2D eigenvalue weighted by Gasteiger charge is 2.20. The summed E-state index contributed by atoms with van der Waals surface area (Å²) >= 11 is 1.87. The highest BCUT2D eigenvalue weighted by atomic mass is 32.1. The van der Waals surface area contributed by atoms with E-state index in [-0.39, 0.29) is 5.41 Å². The molecule has 0 N–H and O–H groups in total. The van der Waals surface area contributed by atoms with Crippen LogP contribution < -0.4 is 0 Å². The van der Waals surface area contributed by atoms with Gasteiger partial charge in [0.1, 0.15) is 0 Å². The van der Waals surface area contributed by atoms with E-state index in [2.05, 4.69) is 38.7 Å². The molecule has 0 fully saturated rings. The van der Waals surface area contributed by atoms with Crippen LogP contribution in [-0.4, -0.2) is 4.98 Å². The molecular formula is C12H15NS. The summed E-state index contributed by atoms with van der Waals surface area (Å²) in [6.07, 6.45) is 3.83. The number of hydrogen-bond acceptors (Lipinski definition) is 2. The fraction of sp³-hybridized carbons (Fsp3) is 0.417. The van der Waals surface area contributed by atoms with Crippen molar-refractivity contribution < 1.29 is 0 Å². The summed E-state index contributed by atoms with van der Waals surface area (Å²) in [6.45, 7) is 8.99. The zero-order valence-corrected chi connectivity index (χ0v) is 9.90. The lowest BCUT2D eigenvalue weighted by Crippen LogP contribution is -2.09. The second-order valence-electron chi connectivity index (χ2n) is 4.68. The zero-order valence-electron chi connectivity index (χ0n) is 9.09. The molecule has 0 unspecified atom stereocenters. The number of fused-ring (bicyclic) bond motifs is 1. The average molecular weight is 205 g/mol. The van der Waals surface area contributed by atoms with E-state index in [0.29, 0.717) is 0 Å². The molecule has 1 nitrogen and oxygen atoms in total. The van der Waals surface area contributed by atoms with Crippen LogP contribution in [0.25, 0.3) is 10.1 Å². The van der Waals surface area contributed by atoms with Gasteiger partial charge in [0.2, 0.25) is 0 Å². The summed E-state index contributed by atoms with van der Waals surface area (Å²) in [5.74, 6) is 0. The lowest BCUT2D eigenvalue weighted by molar-refractivity contribution is 0.601. The second-order valence-corrected chi connectivity index (χ2v) is 5.73. The zero-order chi connectivity index (χ0) is 10.3. The van der Waals surface area contributed by atoms with Crippen LogP contribution in [0.15, 0.2) is 18.5 Å². The van der Waals surface area contributed by atoms with Gasteiger partial charge in [-0.25, -0.2) is 0 Å². The summed E-state index contributed by atoms with van der Waals surface area (Å²) in [5, 5.41) is 1.36. The van der Waals surface area contributed by atoms with Gasteiger partial charge in [0.15, 0.2) is 0 Å². The first-order chi connectivity index (χ1) is 6.50. The van der Waals surface area contributed by atoms with Crippen molar-refractivity contribution >= 4 is 21.4 Å². The van der Waals surface area contributed by atoms with Crippen molar-refractivity contribution in [3.8, 4) is 0 Å². The molecule has 0 radical (unpaired) electrons. The Morgan fingerprint density at radius 2 is 2.00 bits per heavy atom. The summed E-state index contributed by atoms with van der Waals surface area (Å²) in [6, 6.07) is 2.11. The van der Waals surface area contributed by atoms with Crippen molar-refractivity contribution in [2.75, 3.05) is 0 Å². The molecule has 2 heteroatoms. The molecule has 0 spiro atoms. The molecule has 14 heavy (non-hydrogen) atoms. The molecule has 0 saturated carbocycles. The molecule has 0 bridgehead atoms. The molecular weight excluding hydrogens is 190 g/mol. The van der Waals surface area contributed by atoms with Crippen LogP contribution >= 0.6 is 11.3 Å². The Labute approximate surface area is 88.8 Å². The molecule has 0 atom stereocenters. The third-order valence-corrected chi connectivity index (χ3v) is 4.09. The third kappa shape index (κ3) is 1.44. The Morgan fingerprint density at radius 1 is 1.29 bits per heavy atom. The van der Waals surface area contributed by atoms with Crippen molar-refractivity contribution in [3.05, 3.63) is 28.9 Å². The number of aromatic nitrogens is 1. The van der Waals surface area contributed by atoms with Crippen molar-refractivity contribution in [2.45, 2.75) is 33.1 Å². The number of aryl methyl sites for hydroxylation is 1. The largest absolute Gasteiger partial charge is 0.263 e. The second kappa shape index (κ2) is 3.06. The van der Waals surface area contributed by atoms with E-state index in [4.69, 9.17) is 0 Å². The molecule has 2 aromatic rings. The van der Waals surface area contributed by atoms with Crippen LogP contribution in [0, 0.1) is 6.92 Å². The van der Waals surface area contributed by atoms with Crippen molar-refractivity contribution in [3.63, 3.8) is 0 Å². The van der Waals surface area contributed by atoms with Gasteiger partial charge in [0.25, 0.3) is 0 Å². The molecule has 0 aliphatic rings. The van der Waals surface area contributed by atoms with Gasteiger partial charge < -0.3 is 0 Å². The highest BCUT2D eigenvalue weighted by Crippen LogP contribution is 2.37. The predicted molar refractivity (Wildman–Crippen MR) is 63.1 cm³/mol. The summed E-state index contributed by atoms with van der Waals surface area (Å²) in [4.78, 5) is 5.63. The maximum absolute atomic E-state index is 4.16. The fourth-order valence-corrected chi connectivity index (χ4v) is 3.03. The first-order valence-electron chi connectivity index (χ1n) is 4.84. The molecule has 2 heterocycles. The van der Waals surface area contributed by atoms with Crippen LogP contribution in [0.1, 0.15) is 31.2 Å². The van der Waals surface area contributed by atoms with E-state index in [1.165, 1.54) is 20.5 Å². The van der Waals surface area contributed by atoms with E-state index < -0.39 is 0 Å². The Bertz CT molecular complexity index is 463. The number of pyridine rings is 1. The SMILES string of the molecule is Cc1c(C(C)(C)C)sc2cnccc12. The van der Waals surface area contributed by atoms with Crippen LogP contribution in [0.3, 0.4) is 0 Å². The standard InChI is InChI=1S/C12H15NS/c1-8-9-5-6-13-7-10(9)14-11(8)12(2,3)4/h5-7H,1-4H3. The number of thiophene rings is 1. The minimum absolute atomic E-state index is 0.244. The molecule has 74 valence electrons. The Kier molecular flexibility index (Phi) is 2.11. The fourth-order valence-electron chi connectivity index (χ4n) is 1.80. The van der Waals surface area contributed by atoms with Gasteiger partial charge in [-0.15, -0.1) is 11.3 Å². The smallest absolute Gasteiger partial charge is 0.0532 e. The number of nitrogens with zero attached hydrogens (tertiary/aromatic N) is 1. The van der Waals surface area contributed by atoms with Gasteiger partial charge in [0, 0.05) is 17.3 Å². The molecule has 0 aromatic carbocycles. The number of hydrogen-bond donors (Lipinski definition) is 0. The minimum Gasteiger partial charge on any atom is -0.263 e. The maximum Gasteiger partial charge on any atom is 0.0532 e. The van der Waals surface area contributed by atoms with Gasteiger partial charge in [-0.1, -0.05) is 20.8 Å². The molecule has 0 aliphatic carbocycles. The number of rotatable bonds is 0. The maximum atomic E-state index is 4.16. The third-order valence-electron chi connectivity index (χ3n) is 2.42. The Hall–Kier alpha value is -0.890. The summed E-state index contributed by atoms with van der Waals surface area (Å²) < 4.78 is 1.30. The first kappa shape index (κ1) is 9.66. The van der Waals surface area contributed by atoms with Gasteiger partial charge in [0.05, 0.1) is 4.70 Å². The monoisotopic (exact) mass is 205 g/mol. The first-order valence-corrected chi connectivity index (χ1v) is 5.65. The molecule has 0 aliphatic heterocycles. The summed E-state index contributed by atoms with van der Waals surface area (Å²) in [7, 11) is 0. The van der Waals surface area contributed by atoms with E-state index >= 15 is 0 Å². The van der Waals surface area contributed by atoms with E-state index in [9.17, 15) is 0 Å². The molecule has 2 aromatic heterocycles. The van der Waals surface area contributed by atoms with Gasteiger partial charge >= 0.3 is 0 Å². The van der Waals surface area contributed by atoms with Gasteiger partial charge in [-0.2, -0.15) is 0 Å². The van der Waals surface area contributed by atoms with Gasteiger partial charge in [-0.3, -0.25) is 4.98 Å². The lowest BCUT2D eigenvalue weighted by Gasteiger charge is -2.17. The van der Waals surface area contributed by atoms with Crippen molar-refractivity contribution in [2.24, 2.45) is 0 Å². The van der Waals surface area contributed by atoms with Crippen LogP contribution in [0.4, 0.5) is 0 Å². The van der Waals surface area contributed by atoms with Gasteiger partial charge in [-0.05, 0) is 29.4 Å². The highest BCUT2D eigenvalue weighted by molar-refractivity contribution is 7.19. The Balaban J connectivity index is 2.75. The van der Waals surface area contributed by atoms with Crippen molar-refractivity contribution in [1.82, 2.24) is 4.98 Å². The van der Waals surface area contributed by atoms with E-state index in [0.717, 1.165) is 0 Å². The minimum atomic E-state index is 0.244. The van der Waals surface area contributed by atoms with E-state index in [1.54, 1.807) is 0 Å². The van der Waals surface area contributed by atoms with Crippen molar-refractivity contribution in [1.29, 1.82) is 0 Å². The normalized spacial score (nSPS) is 12.3. The quantitative estimate of drug-likeness (QED) is 0.635. The Morgan fingerprint density at radius 3 is 2.57 bits per heavy atom. The molecule has 0 amide bonds.